The van der Waals surface area contributed by atoms with Gasteiger partial charge in [0.1, 0.15) is 11.5 Å². The van der Waals surface area contributed by atoms with Gasteiger partial charge in [-0.05, 0) is 44.2 Å². The lowest BCUT2D eigenvalue weighted by Gasteiger charge is -2.21. The molecular formula is C18H27N5O. The molecule has 1 atom stereocenters. The van der Waals surface area contributed by atoms with Gasteiger partial charge in [-0.15, -0.1) is 0 Å². The van der Waals surface area contributed by atoms with Gasteiger partial charge >= 0.3 is 0 Å². The average Bonchev–Trinajstić information content (AvgIpc) is 3.23. The van der Waals surface area contributed by atoms with Crippen molar-refractivity contribution in [1.82, 2.24) is 20.0 Å². The van der Waals surface area contributed by atoms with E-state index in [1.165, 1.54) is 17.5 Å². The molecule has 6 heteroatoms. The highest BCUT2D eigenvalue weighted by atomic mass is 16.3. The van der Waals surface area contributed by atoms with Crippen molar-refractivity contribution in [1.29, 1.82) is 0 Å². The van der Waals surface area contributed by atoms with Gasteiger partial charge in [0, 0.05) is 45.5 Å². The van der Waals surface area contributed by atoms with Crippen molar-refractivity contribution in [2.24, 2.45) is 18.0 Å². The first kappa shape index (κ1) is 16.6. The van der Waals surface area contributed by atoms with Crippen LogP contribution in [0.4, 0.5) is 0 Å². The summed E-state index contributed by atoms with van der Waals surface area (Å²) in [6.07, 6.45) is 6.36. The molecule has 0 aliphatic carbocycles. The molecule has 1 N–H and O–H groups in total. The van der Waals surface area contributed by atoms with Crippen LogP contribution < -0.4 is 5.32 Å². The highest BCUT2D eigenvalue weighted by Crippen LogP contribution is 2.21. The first-order valence-corrected chi connectivity index (χ1v) is 8.54. The first-order chi connectivity index (χ1) is 11.5. The van der Waals surface area contributed by atoms with E-state index in [0.717, 1.165) is 43.5 Å². The number of aromatic nitrogens is 2. The lowest BCUT2D eigenvalue weighted by atomic mass is 10.0. The van der Waals surface area contributed by atoms with Gasteiger partial charge in [-0.3, -0.25) is 9.67 Å². The van der Waals surface area contributed by atoms with Crippen molar-refractivity contribution in [2.45, 2.75) is 33.2 Å². The predicted molar refractivity (Wildman–Crippen MR) is 95.0 cm³/mol. The van der Waals surface area contributed by atoms with Gasteiger partial charge in [-0.2, -0.15) is 5.10 Å². The SMILES string of the molecule is CN=C(NCc1cc(C)oc1C)N1CCC(Cc2cnn(C)c2)C1. The molecule has 1 unspecified atom stereocenters. The molecule has 1 aliphatic rings. The number of aliphatic imine (C=N–C) groups is 1. The summed E-state index contributed by atoms with van der Waals surface area (Å²) in [5.41, 5.74) is 2.51. The smallest absolute Gasteiger partial charge is 0.193 e. The molecule has 1 aliphatic heterocycles. The van der Waals surface area contributed by atoms with Crippen molar-refractivity contribution in [3.8, 4) is 0 Å². The minimum absolute atomic E-state index is 0.658. The maximum atomic E-state index is 5.59. The van der Waals surface area contributed by atoms with E-state index in [0.29, 0.717) is 5.92 Å². The number of nitrogens with one attached hydrogen (secondary N) is 1. The van der Waals surface area contributed by atoms with Crippen molar-refractivity contribution in [2.75, 3.05) is 20.1 Å². The van der Waals surface area contributed by atoms with Gasteiger partial charge in [0.25, 0.3) is 0 Å². The zero-order valence-electron chi connectivity index (χ0n) is 15.0. The van der Waals surface area contributed by atoms with Gasteiger partial charge in [0.15, 0.2) is 5.96 Å². The fourth-order valence-corrected chi connectivity index (χ4v) is 3.47. The Morgan fingerprint density at radius 2 is 2.29 bits per heavy atom. The van der Waals surface area contributed by atoms with Crippen LogP contribution in [0.5, 0.6) is 0 Å². The van der Waals surface area contributed by atoms with Gasteiger partial charge in [-0.25, -0.2) is 0 Å². The lowest BCUT2D eigenvalue weighted by molar-refractivity contribution is 0.458. The molecule has 130 valence electrons. The second-order valence-corrected chi connectivity index (χ2v) is 6.67. The van der Waals surface area contributed by atoms with E-state index >= 15 is 0 Å². The lowest BCUT2D eigenvalue weighted by Crippen LogP contribution is -2.39. The fraction of sp³-hybridized carbons (Fsp3) is 0.556. The molecule has 0 bridgehead atoms. The minimum atomic E-state index is 0.658. The Labute approximate surface area is 143 Å². The van der Waals surface area contributed by atoms with Crippen molar-refractivity contribution < 1.29 is 4.42 Å². The van der Waals surface area contributed by atoms with E-state index in [2.05, 4.69) is 32.6 Å². The van der Waals surface area contributed by atoms with Crippen LogP contribution in [0.15, 0.2) is 27.9 Å². The molecule has 6 nitrogen and oxygen atoms in total. The third-order valence-corrected chi connectivity index (χ3v) is 4.66. The number of aryl methyl sites for hydroxylation is 3. The van der Waals surface area contributed by atoms with E-state index in [1.54, 1.807) is 0 Å². The van der Waals surface area contributed by atoms with Crippen LogP contribution in [0.2, 0.25) is 0 Å². The zero-order valence-corrected chi connectivity index (χ0v) is 15.0. The maximum absolute atomic E-state index is 5.59. The summed E-state index contributed by atoms with van der Waals surface area (Å²) in [4.78, 5) is 6.80. The molecule has 0 aromatic carbocycles. The summed E-state index contributed by atoms with van der Waals surface area (Å²) in [6.45, 7) is 6.83. The standard InChI is InChI=1S/C18H27N5O/c1-13-7-17(14(2)24-13)10-20-18(19-3)23-6-5-15(12-23)8-16-9-21-22(4)11-16/h7,9,11,15H,5-6,8,10,12H2,1-4H3,(H,19,20). The number of hydrogen-bond acceptors (Lipinski definition) is 3. The Kier molecular flexibility index (Phi) is 4.92. The second-order valence-electron chi connectivity index (χ2n) is 6.67. The molecule has 0 radical (unpaired) electrons. The fourth-order valence-electron chi connectivity index (χ4n) is 3.47. The Balaban J connectivity index is 1.54. The van der Waals surface area contributed by atoms with Gasteiger partial charge in [0.05, 0.1) is 6.20 Å². The summed E-state index contributed by atoms with van der Waals surface area (Å²) in [6, 6.07) is 2.09. The molecule has 3 heterocycles. The Morgan fingerprint density at radius 3 is 2.92 bits per heavy atom. The van der Waals surface area contributed by atoms with Crippen molar-refractivity contribution >= 4 is 5.96 Å². The van der Waals surface area contributed by atoms with Gasteiger partial charge in [0.2, 0.25) is 0 Å². The monoisotopic (exact) mass is 329 g/mol. The molecule has 0 spiro atoms. The number of furan rings is 1. The Bertz CT molecular complexity index is 715. The highest BCUT2D eigenvalue weighted by molar-refractivity contribution is 5.80. The topological polar surface area (TPSA) is 58.6 Å². The second kappa shape index (κ2) is 7.11. The van der Waals surface area contributed by atoms with E-state index in [-0.39, 0.29) is 0 Å². The van der Waals surface area contributed by atoms with Crippen LogP contribution in [0.1, 0.15) is 29.1 Å². The molecule has 1 saturated heterocycles. The summed E-state index contributed by atoms with van der Waals surface area (Å²) in [5.74, 6) is 3.57. The maximum Gasteiger partial charge on any atom is 0.193 e. The van der Waals surface area contributed by atoms with E-state index < -0.39 is 0 Å². The molecule has 2 aromatic heterocycles. The third-order valence-electron chi connectivity index (χ3n) is 4.66. The van der Waals surface area contributed by atoms with Crippen LogP contribution in [0, 0.1) is 19.8 Å². The third kappa shape index (κ3) is 3.80. The average molecular weight is 329 g/mol. The molecule has 0 amide bonds. The number of likely N-dealkylation sites (tertiary alicyclic amines) is 1. The van der Waals surface area contributed by atoms with E-state index in [4.69, 9.17) is 4.42 Å². The molecule has 24 heavy (non-hydrogen) atoms. The van der Waals surface area contributed by atoms with E-state index in [1.807, 2.05) is 38.8 Å². The van der Waals surface area contributed by atoms with E-state index in [9.17, 15) is 0 Å². The van der Waals surface area contributed by atoms with Crippen LogP contribution in [0.3, 0.4) is 0 Å². The van der Waals surface area contributed by atoms with Crippen LogP contribution in [0.25, 0.3) is 0 Å². The largest absolute Gasteiger partial charge is 0.466 e. The number of nitrogens with zero attached hydrogens (tertiary/aromatic N) is 4. The summed E-state index contributed by atoms with van der Waals surface area (Å²) in [5, 5.41) is 7.73. The van der Waals surface area contributed by atoms with Crippen molar-refractivity contribution in [3.05, 3.63) is 41.1 Å². The minimum Gasteiger partial charge on any atom is -0.466 e. The molecule has 0 saturated carbocycles. The molecular weight excluding hydrogens is 302 g/mol. The summed E-state index contributed by atoms with van der Waals surface area (Å²) < 4.78 is 7.46. The number of rotatable bonds is 4. The van der Waals surface area contributed by atoms with Crippen LogP contribution in [-0.4, -0.2) is 40.8 Å². The zero-order chi connectivity index (χ0) is 17.1. The number of hydrogen-bond donors (Lipinski definition) is 1. The molecule has 1 fully saturated rings. The normalized spacial score (nSPS) is 18.4. The Hall–Kier alpha value is -2.24. The predicted octanol–water partition coefficient (Wildman–Crippen LogP) is 2.27. The summed E-state index contributed by atoms with van der Waals surface area (Å²) in [7, 11) is 3.82. The van der Waals surface area contributed by atoms with Gasteiger partial charge < -0.3 is 14.6 Å². The first-order valence-electron chi connectivity index (χ1n) is 8.54. The number of guanidine groups is 1. The van der Waals surface area contributed by atoms with Crippen molar-refractivity contribution in [3.63, 3.8) is 0 Å². The van der Waals surface area contributed by atoms with Gasteiger partial charge in [-0.1, -0.05) is 0 Å². The summed E-state index contributed by atoms with van der Waals surface area (Å²) >= 11 is 0. The molecule has 2 aromatic rings. The molecule has 3 rings (SSSR count). The van der Waals surface area contributed by atoms with Crippen LogP contribution in [-0.2, 0) is 20.0 Å². The highest BCUT2D eigenvalue weighted by Gasteiger charge is 2.25. The quantitative estimate of drug-likeness (QED) is 0.690. The van der Waals surface area contributed by atoms with Crippen LogP contribution >= 0.6 is 0 Å². The Morgan fingerprint density at radius 1 is 1.46 bits per heavy atom.